The Hall–Kier alpha value is -7.10. The van der Waals surface area contributed by atoms with Gasteiger partial charge in [0.1, 0.15) is 5.76 Å². The molecule has 0 unspecified atom stereocenters. The summed E-state index contributed by atoms with van der Waals surface area (Å²) in [5.74, 6) is -1.69. The van der Waals surface area contributed by atoms with Gasteiger partial charge in [-0.1, -0.05) is 12.1 Å². The number of rotatable bonds is 16. The van der Waals surface area contributed by atoms with Crippen LogP contribution in [0.4, 0.5) is 40.3 Å². The highest BCUT2D eigenvalue weighted by molar-refractivity contribution is 6.03. The third-order valence-corrected chi connectivity index (χ3v) is 8.20. The Labute approximate surface area is 317 Å². The lowest BCUT2D eigenvalue weighted by atomic mass is 10.1. The van der Waals surface area contributed by atoms with E-state index in [0.717, 1.165) is 5.56 Å². The number of anilines is 4. The Kier molecular flexibility index (Phi) is 12.3. The summed E-state index contributed by atoms with van der Waals surface area (Å²) in [5, 5.41) is 0. The maximum Gasteiger partial charge on any atom is 0.387 e. The number of hydrogen-bond acceptors (Lipinski definition) is 12. The zero-order valence-electron chi connectivity index (χ0n) is 29.7. The summed E-state index contributed by atoms with van der Waals surface area (Å²) in [7, 11) is 2.65. The van der Waals surface area contributed by atoms with E-state index in [4.69, 9.17) is 23.4 Å². The van der Waals surface area contributed by atoms with Gasteiger partial charge in [0.2, 0.25) is 0 Å². The molecule has 0 bridgehead atoms. The molecular formula is C40H32F4N4O8. The van der Waals surface area contributed by atoms with Gasteiger partial charge in [-0.05, 0) is 78.4 Å². The Bertz CT molecular complexity index is 2240. The maximum atomic E-state index is 13.3. The lowest BCUT2D eigenvalue weighted by Gasteiger charge is -2.26. The molecule has 12 nitrogen and oxygen atoms in total. The summed E-state index contributed by atoms with van der Waals surface area (Å²) >= 11 is 0. The molecule has 2 heterocycles. The molecule has 2 aromatic heterocycles. The lowest BCUT2D eigenvalue weighted by molar-refractivity contribution is -0.0518. The fraction of sp³-hybridized carbons (Fsp3) is 0.150. The maximum absolute atomic E-state index is 13.3. The third kappa shape index (κ3) is 9.52. The van der Waals surface area contributed by atoms with Crippen LogP contribution in [0.15, 0.2) is 126 Å². The summed E-state index contributed by atoms with van der Waals surface area (Å²) in [4.78, 5) is 38.1. The Morgan fingerprint density at radius 2 is 1.21 bits per heavy atom. The molecule has 0 atom stereocenters. The molecule has 0 amide bonds. The molecule has 56 heavy (non-hydrogen) atoms. The second-order valence-electron chi connectivity index (χ2n) is 11.7. The molecule has 0 radical (unpaired) electrons. The third-order valence-electron chi connectivity index (χ3n) is 8.20. The highest BCUT2D eigenvalue weighted by Crippen LogP contribution is 2.38. The van der Waals surface area contributed by atoms with Crippen molar-refractivity contribution in [2.45, 2.75) is 26.3 Å². The first-order chi connectivity index (χ1) is 27.1. The predicted octanol–water partition coefficient (Wildman–Crippen LogP) is 8.96. The molecule has 0 saturated carbocycles. The second-order valence-corrected chi connectivity index (χ2v) is 11.7. The largest absolute Gasteiger partial charge is 0.493 e. The molecule has 0 aliphatic rings. The van der Waals surface area contributed by atoms with Crippen LogP contribution in [0.3, 0.4) is 0 Å². The molecule has 0 spiro atoms. The molecule has 0 aliphatic carbocycles. The zero-order valence-corrected chi connectivity index (χ0v) is 29.7. The minimum atomic E-state index is -3.11. The van der Waals surface area contributed by atoms with Gasteiger partial charge in [-0.2, -0.15) is 17.6 Å². The van der Waals surface area contributed by atoms with E-state index < -0.39 is 25.2 Å². The highest BCUT2D eigenvalue weighted by Gasteiger charge is 2.22. The van der Waals surface area contributed by atoms with Crippen LogP contribution < -0.4 is 28.7 Å². The van der Waals surface area contributed by atoms with Gasteiger partial charge in [0.15, 0.2) is 29.4 Å². The smallest absolute Gasteiger partial charge is 0.387 e. The van der Waals surface area contributed by atoms with Crippen molar-refractivity contribution in [2.24, 2.45) is 0 Å². The average molecular weight is 773 g/mol. The van der Waals surface area contributed by atoms with Crippen molar-refractivity contribution >= 4 is 34.7 Å². The van der Waals surface area contributed by atoms with E-state index in [1.165, 1.54) is 75.3 Å². The van der Waals surface area contributed by atoms with Crippen LogP contribution in [0.25, 0.3) is 0 Å². The number of halogens is 4. The molecule has 6 aromatic rings. The first kappa shape index (κ1) is 38.6. The van der Waals surface area contributed by atoms with E-state index in [1.807, 2.05) is 6.07 Å². The normalized spacial score (nSPS) is 10.9. The average Bonchev–Trinajstić information content (AvgIpc) is 3.72. The molecular weight excluding hydrogens is 740 g/mol. The van der Waals surface area contributed by atoms with Crippen molar-refractivity contribution < 1.29 is 55.3 Å². The van der Waals surface area contributed by atoms with E-state index >= 15 is 0 Å². The van der Waals surface area contributed by atoms with E-state index in [2.05, 4.69) is 14.7 Å². The van der Waals surface area contributed by atoms with Crippen LogP contribution in [0, 0.1) is 0 Å². The van der Waals surface area contributed by atoms with Crippen molar-refractivity contribution in [1.82, 2.24) is 9.97 Å². The van der Waals surface area contributed by atoms with Gasteiger partial charge in [0, 0.05) is 53.8 Å². The van der Waals surface area contributed by atoms with Crippen molar-refractivity contribution in [1.29, 1.82) is 0 Å². The monoisotopic (exact) mass is 772 g/mol. The molecule has 4 aromatic carbocycles. The summed E-state index contributed by atoms with van der Waals surface area (Å²) in [6, 6.07) is 24.9. The Morgan fingerprint density at radius 1 is 0.625 bits per heavy atom. The standard InChI is InChI=1S/C40H32F4N4O8/c1-51-33-14-12-30(18-35(33)54-39(41)42)47(22-25-5-4-16-45-20-25)28-10-8-26(9-11-28)37(49)56-38(50)27-6-3-7-29(17-27)48(23-32-21-46-24-53-32)31-13-15-34(52-2)36(19-31)55-40(43)44/h3-21,24,39-40H,22-23H2,1-2H3. The quantitative estimate of drug-likeness (QED) is 0.0530. The molecule has 288 valence electrons. The highest BCUT2D eigenvalue weighted by atomic mass is 19.3. The van der Waals surface area contributed by atoms with E-state index in [-0.39, 0.29) is 47.2 Å². The Morgan fingerprint density at radius 3 is 1.77 bits per heavy atom. The van der Waals surface area contributed by atoms with Gasteiger partial charge in [0.25, 0.3) is 0 Å². The topological polar surface area (TPSA) is 126 Å². The molecule has 0 saturated heterocycles. The van der Waals surface area contributed by atoms with Gasteiger partial charge in [-0.15, -0.1) is 0 Å². The van der Waals surface area contributed by atoms with E-state index in [1.54, 1.807) is 64.7 Å². The number of aromatic nitrogens is 2. The van der Waals surface area contributed by atoms with Crippen molar-refractivity contribution in [2.75, 3.05) is 24.0 Å². The second kappa shape index (κ2) is 17.8. The summed E-state index contributed by atoms with van der Waals surface area (Å²) < 4.78 is 83.3. The first-order valence-corrected chi connectivity index (χ1v) is 16.7. The first-order valence-electron chi connectivity index (χ1n) is 16.7. The number of nitrogens with zero attached hydrogens (tertiary/aromatic N) is 4. The SMILES string of the molecule is COc1ccc(N(Cc2cccnc2)c2ccc(C(=O)OC(=O)c3cccc(N(Cc4cnco4)c4ccc(OC)c(OC(F)F)c4)c3)cc2)cc1OC(F)F. The summed E-state index contributed by atoms with van der Waals surface area (Å²) in [6.07, 6.45) is 5.98. The molecule has 0 N–H and O–H groups in total. The van der Waals surface area contributed by atoms with Crippen LogP contribution in [0.5, 0.6) is 23.0 Å². The predicted molar refractivity (Wildman–Crippen MR) is 194 cm³/mol. The van der Waals surface area contributed by atoms with E-state index in [0.29, 0.717) is 28.5 Å². The van der Waals surface area contributed by atoms with Crippen molar-refractivity contribution in [3.63, 3.8) is 0 Å². The van der Waals surface area contributed by atoms with Crippen molar-refractivity contribution in [3.8, 4) is 23.0 Å². The summed E-state index contributed by atoms with van der Waals surface area (Å²) in [6.45, 7) is -5.87. The molecule has 0 fully saturated rings. The van der Waals surface area contributed by atoms with Gasteiger partial charge in [0.05, 0.1) is 38.1 Å². The summed E-state index contributed by atoms with van der Waals surface area (Å²) in [5.41, 5.74) is 2.68. The van der Waals surface area contributed by atoms with Crippen molar-refractivity contribution in [3.05, 3.63) is 144 Å². The number of benzene rings is 4. The number of alkyl halides is 4. The fourth-order valence-electron chi connectivity index (χ4n) is 5.64. The van der Waals surface area contributed by atoms with Crippen LogP contribution >= 0.6 is 0 Å². The number of carbonyl (C=O) groups excluding carboxylic acids is 2. The van der Waals surface area contributed by atoms with Gasteiger partial charge in [-0.25, -0.2) is 14.6 Å². The lowest BCUT2D eigenvalue weighted by Crippen LogP contribution is -2.18. The minimum absolute atomic E-state index is 0.0107. The van der Waals surface area contributed by atoms with Gasteiger partial charge >= 0.3 is 25.2 Å². The van der Waals surface area contributed by atoms with Crippen LogP contribution in [-0.4, -0.2) is 49.3 Å². The van der Waals surface area contributed by atoms with Gasteiger partial charge in [-0.3, -0.25) is 4.98 Å². The number of oxazole rings is 1. The number of carbonyl (C=O) groups is 2. The number of pyridine rings is 1. The number of esters is 2. The fourth-order valence-corrected chi connectivity index (χ4v) is 5.64. The Balaban J connectivity index is 1.23. The van der Waals surface area contributed by atoms with Crippen LogP contribution in [-0.2, 0) is 17.8 Å². The molecule has 16 heteroatoms. The van der Waals surface area contributed by atoms with Gasteiger partial charge < -0.3 is 37.9 Å². The van der Waals surface area contributed by atoms with E-state index in [9.17, 15) is 27.2 Å². The number of methoxy groups -OCH3 is 2. The number of hydrogen-bond donors (Lipinski definition) is 0. The van der Waals surface area contributed by atoms with Crippen LogP contribution in [0.1, 0.15) is 32.0 Å². The number of ether oxygens (including phenoxy) is 5. The van der Waals surface area contributed by atoms with Crippen LogP contribution in [0.2, 0.25) is 0 Å². The minimum Gasteiger partial charge on any atom is -0.493 e. The molecule has 0 aliphatic heterocycles. The zero-order chi connectivity index (χ0) is 39.6. The molecule has 6 rings (SSSR count).